The normalized spacial score (nSPS) is 20.0. The van der Waals surface area contributed by atoms with E-state index in [9.17, 15) is 5.11 Å². The van der Waals surface area contributed by atoms with Crippen molar-refractivity contribution in [3.05, 3.63) is 23.4 Å². The van der Waals surface area contributed by atoms with Crippen LogP contribution in [0.1, 0.15) is 25.1 Å². The molecule has 3 rings (SSSR count). The monoisotopic (exact) mass is 331 g/mol. The fourth-order valence-corrected chi connectivity index (χ4v) is 3.05. The van der Waals surface area contributed by atoms with Crippen molar-refractivity contribution in [3.8, 4) is 0 Å². The number of methoxy groups -OCH3 is 1. The van der Waals surface area contributed by atoms with Gasteiger partial charge in [-0.3, -0.25) is 0 Å². The summed E-state index contributed by atoms with van der Waals surface area (Å²) in [6, 6.07) is 1.99. The molecule has 24 heavy (non-hydrogen) atoms. The van der Waals surface area contributed by atoms with Gasteiger partial charge in [0.25, 0.3) is 0 Å². The van der Waals surface area contributed by atoms with Crippen LogP contribution in [0.4, 0.5) is 5.82 Å². The zero-order chi connectivity index (χ0) is 17.3. The number of nitrogen functional groups attached to an aromatic ring is 1. The maximum Gasteiger partial charge on any atom is 0.190 e. The second kappa shape index (κ2) is 6.51. The molecule has 2 aromatic heterocycles. The maximum atomic E-state index is 10.3. The summed E-state index contributed by atoms with van der Waals surface area (Å²) in [5.41, 5.74) is 8.57. The molecule has 130 valence electrons. The average Bonchev–Trinajstić information content (AvgIpc) is 2.89. The Balaban J connectivity index is 1.96. The molecule has 1 aliphatic rings. The number of hydrogen-bond donors (Lipinski definition) is 2. The fraction of sp³-hybridized carbons (Fsp3) is 0.529. The summed E-state index contributed by atoms with van der Waals surface area (Å²) >= 11 is 0. The van der Waals surface area contributed by atoms with Crippen molar-refractivity contribution in [2.24, 2.45) is 0 Å². The molecule has 0 aromatic carbocycles. The number of nitrogens with zero attached hydrogens (tertiary/aromatic N) is 4. The second-order valence-electron chi connectivity index (χ2n) is 6.09. The number of nitrogens with two attached hydrogens (primary N) is 1. The van der Waals surface area contributed by atoms with E-state index in [1.54, 1.807) is 6.08 Å². The molecular formula is C17H25N5O2. The van der Waals surface area contributed by atoms with Gasteiger partial charge in [-0.25, -0.2) is 9.67 Å². The Labute approximate surface area is 141 Å². The van der Waals surface area contributed by atoms with Crippen LogP contribution in [-0.2, 0) is 17.7 Å². The standard InChI is InChI=1S/C17H25N5O2/c1-4-21(5-2)8-9-22-16-13(15(18)20-22)10-12-6-7-17(23,24-3)11-14(12)19-16/h6-7,10,23H,4-5,8-9,11H2,1-3H3,(H2,18,20). The van der Waals surface area contributed by atoms with Gasteiger partial charge in [-0.2, -0.15) is 5.10 Å². The molecule has 0 radical (unpaired) electrons. The predicted molar refractivity (Wildman–Crippen MR) is 94.4 cm³/mol. The first kappa shape index (κ1) is 16.9. The van der Waals surface area contributed by atoms with Crippen molar-refractivity contribution in [1.29, 1.82) is 0 Å². The molecule has 1 aliphatic carbocycles. The highest BCUT2D eigenvalue weighted by Crippen LogP contribution is 2.29. The van der Waals surface area contributed by atoms with Crippen LogP contribution in [0, 0.1) is 0 Å². The topological polar surface area (TPSA) is 89.4 Å². The van der Waals surface area contributed by atoms with E-state index in [1.807, 2.05) is 16.8 Å². The second-order valence-corrected chi connectivity index (χ2v) is 6.09. The Hall–Kier alpha value is -1.96. The van der Waals surface area contributed by atoms with Crippen LogP contribution < -0.4 is 5.73 Å². The van der Waals surface area contributed by atoms with Gasteiger partial charge in [-0.1, -0.05) is 19.9 Å². The van der Waals surface area contributed by atoms with E-state index in [1.165, 1.54) is 7.11 Å². The van der Waals surface area contributed by atoms with E-state index >= 15 is 0 Å². The van der Waals surface area contributed by atoms with E-state index in [0.29, 0.717) is 12.2 Å². The van der Waals surface area contributed by atoms with Crippen molar-refractivity contribution in [3.63, 3.8) is 0 Å². The molecule has 3 N–H and O–H groups in total. The number of aromatic nitrogens is 3. The lowest BCUT2D eigenvalue weighted by Crippen LogP contribution is -2.33. The number of aliphatic hydroxyl groups is 1. The number of fused-ring (bicyclic) bond motifs is 2. The molecule has 0 saturated carbocycles. The van der Waals surface area contributed by atoms with Gasteiger partial charge >= 0.3 is 0 Å². The third kappa shape index (κ3) is 3.02. The molecule has 2 aromatic rings. The molecule has 0 saturated heterocycles. The van der Waals surface area contributed by atoms with Crippen molar-refractivity contribution in [2.75, 3.05) is 32.5 Å². The smallest absolute Gasteiger partial charge is 0.190 e. The molecule has 1 unspecified atom stereocenters. The number of likely N-dealkylation sites (N-methyl/N-ethyl adjacent to an activating group) is 1. The summed E-state index contributed by atoms with van der Waals surface area (Å²) in [6.07, 6.45) is 3.78. The van der Waals surface area contributed by atoms with E-state index in [0.717, 1.165) is 48.5 Å². The summed E-state index contributed by atoms with van der Waals surface area (Å²) in [5, 5.41) is 15.6. The van der Waals surface area contributed by atoms with Gasteiger partial charge in [0.1, 0.15) is 0 Å². The van der Waals surface area contributed by atoms with Crippen molar-refractivity contribution < 1.29 is 9.84 Å². The molecule has 1 atom stereocenters. The van der Waals surface area contributed by atoms with Gasteiger partial charge in [0.15, 0.2) is 17.3 Å². The SMILES string of the molecule is CCN(CC)CCn1nc(N)c2cc3c(nc21)CC(O)(OC)C=C3. The Kier molecular flexibility index (Phi) is 4.58. The highest BCUT2D eigenvalue weighted by Gasteiger charge is 2.29. The molecule has 2 heterocycles. The first-order chi connectivity index (χ1) is 11.5. The number of anilines is 1. The van der Waals surface area contributed by atoms with Crippen LogP contribution in [0.25, 0.3) is 17.1 Å². The zero-order valence-electron chi connectivity index (χ0n) is 14.5. The quantitative estimate of drug-likeness (QED) is 0.775. The minimum Gasteiger partial charge on any atom is -0.382 e. The molecular weight excluding hydrogens is 306 g/mol. The van der Waals surface area contributed by atoms with Crippen LogP contribution >= 0.6 is 0 Å². The first-order valence-electron chi connectivity index (χ1n) is 8.34. The van der Waals surface area contributed by atoms with Gasteiger partial charge < -0.3 is 20.5 Å². The highest BCUT2D eigenvalue weighted by atomic mass is 16.6. The minimum absolute atomic E-state index is 0.312. The summed E-state index contributed by atoms with van der Waals surface area (Å²) in [5.74, 6) is -0.813. The van der Waals surface area contributed by atoms with Gasteiger partial charge in [0, 0.05) is 20.1 Å². The van der Waals surface area contributed by atoms with Gasteiger partial charge in [0.05, 0.1) is 17.6 Å². The average molecular weight is 331 g/mol. The number of ether oxygens (including phenoxy) is 1. The third-order valence-electron chi connectivity index (χ3n) is 4.68. The zero-order valence-corrected chi connectivity index (χ0v) is 14.5. The van der Waals surface area contributed by atoms with Gasteiger partial charge in [-0.15, -0.1) is 0 Å². The van der Waals surface area contributed by atoms with Crippen LogP contribution in [-0.4, -0.2) is 57.3 Å². The number of rotatable bonds is 6. The van der Waals surface area contributed by atoms with Crippen LogP contribution in [0.15, 0.2) is 12.1 Å². The minimum atomic E-state index is -1.30. The number of hydrogen-bond acceptors (Lipinski definition) is 6. The van der Waals surface area contributed by atoms with Gasteiger partial charge in [-0.05, 0) is 30.8 Å². The van der Waals surface area contributed by atoms with Gasteiger partial charge in [0.2, 0.25) is 0 Å². The molecule has 0 aliphatic heterocycles. The van der Waals surface area contributed by atoms with Crippen molar-refractivity contribution in [1.82, 2.24) is 19.7 Å². The van der Waals surface area contributed by atoms with E-state index < -0.39 is 5.79 Å². The Morgan fingerprint density at radius 3 is 2.83 bits per heavy atom. The maximum absolute atomic E-state index is 10.3. The molecule has 0 bridgehead atoms. The fourth-order valence-electron chi connectivity index (χ4n) is 3.05. The Bertz CT molecular complexity index is 766. The number of pyridine rings is 1. The van der Waals surface area contributed by atoms with E-state index in [-0.39, 0.29) is 0 Å². The van der Waals surface area contributed by atoms with Crippen LogP contribution in [0.3, 0.4) is 0 Å². The summed E-state index contributed by atoms with van der Waals surface area (Å²) < 4.78 is 7.02. The largest absolute Gasteiger partial charge is 0.382 e. The Morgan fingerprint density at radius 1 is 1.42 bits per heavy atom. The predicted octanol–water partition coefficient (Wildman–Crippen LogP) is 1.26. The van der Waals surface area contributed by atoms with Crippen LogP contribution in [0.2, 0.25) is 0 Å². The van der Waals surface area contributed by atoms with E-state index in [4.69, 9.17) is 15.5 Å². The Morgan fingerprint density at radius 2 is 2.17 bits per heavy atom. The highest BCUT2D eigenvalue weighted by molar-refractivity contribution is 5.88. The lowest BCUT2D eigenvalue weighted by atomic mass is 9.97. The molecule has 0 spiro atoms. The van der Waals surface area contributed by atoms with Crippen molar-refractivity contribution in [2.45, 2.75) is 32.6 Å². The third-order valence-corrected chi connectivity index (χ3v) is 4.68. The molecule has 0 amide bonds. The summed E-state index contributed by atoms with van der Waals surface area (Å²) in [7, 11) is 1.49. The lowest BCUT2D eigenvalue weighted by Gasteiger charge is -2.26. The first-order valence-corrected chi connectivity index (χ1v) is 8.34. The lowest BCUT2D eigenvalue weighted by molar-refractivity contribution is -0.145. The van der Waals surface area contributed by atoms with E-state index in [2.05, 4.69) is 23.8 Å². The molecule has 0 fully saturated rings. The molecule has 7 nitrogen and oxygen atoms in total. The summed E-state index contributed by atoms with van der Waals surface area (Å²) in [6.45, 7) is 7.91. The van der Waals surface area contributed by atoms with Crippen LogP contribution in [0.5, 0.6) is 0 Å². The molecule has 7 heteroatoms. The summed E-state index contributed by atoms with van der Waals surface area (Å²) in [4.78, 5) is 7.05. The van der Waals surface area contributed by atoms with Crippen molar-refractivity contribution >= 4 is 22.9 Å².